The first-order valence-corrected chi connectivity index (χ1v) is 11.2. The van der Waals surface area contributed by atoms with E-state index in [0.717, 1.165) is 29.7 Å². The molecule has 1 aliphatic rings. The van der Waals surface area contributed by atoms with Gasteiger partial charge < -0.3 is 26.8 Å². The topological polar surface area (TPSA) is 119 Å². The Kier molecular flexibility index (Phi) is 7.06. The molecule has 0 aliphatic carbocycles. The molecule has 0 saturated carbocycles. The normalized spacial score (nSPS) is 14.7. The highest BCUT2D eigenvalue weighted by Crippen LogP contribution is 2.38. The quantitative estimate of drug-likeness (QED) is 0.299. The minimum absolute atomic E-state index is 0.0685. The second-order valence-electron chi connectivity index (χ2n) is 8.11. The fourth-order valence-corrected chi connectivity index (χ4v) is 4.01. The van der Waals surface area contributed by atoms with Gasteiger partial charge in [-0.1, -0.05) is 48.5 Å². The van der Waals surface area contributed by atoms with Gasteiger partial charge in [-0.15, -0.1) is 0 Å². The fraction of sp³-hybridized carbons (Fsp3) is 0.185. The number of methoxy groups -OCH3 is 1. The van der Waals surface area contributed by atoms with Gasteiger partial charge in [0, 0.05) is 17.3 Å². The number of amides is 1. The number of nitrogens with one attached hydrogen (secondary N) is 2. The van der Waals surface area contributed by atoms with Crippen LogP contribution in [-0.2, 0) is 9.53 Å². The van der Waals surface area contributed by atoms with Gasteiger partial charge in [-0.2, -0.15) is 0 Å². The van der Waals surface area contributed by atoms with Crippen molar-refractivity contribution in [1.29, 1.82) is 0 Å². The first-order chi connectivity index (χ1) is 16.5. The molecule has 174 valence electrons. The summed E-state index contributed by atoms with van der Waals surface area (Å²) in [5.74, 6) is -0.704. The summed E-state index contributed by atoms with van der Waals surface area (Å²) in [6.07, 6.45) is 1.70. The van der Waals surface area contributed by atoms with Crippen molar-refractivity contribution in [3.05, 3.63) is 95.1 Å². The van der Waals surface area contributed by atoms with E-state index in [2.05, 4.69) is 10.6 Å². The number of nitrogens with two attached hydrogens (primary N) is 2. The van der Waals surface area contributed by atoms with Gasteiger partial charge in [0.25, 0.3) is 5.91 Å². The van der Waals surface area contributed by atoms with Gasteiger partial charge >= 0.3 is 5.97 Å². The Hall–Kier alpha value is -3.94. The monoisotopic (exact) mass is 456 g/mol. The van der Waals surface area contributed by atoms with Crippen LogP contribution in [-0.4, -0.2) is 25.5 Å². The second kappa shape index (κ2) is 10.3. The van der Waals surface area contributed by atoms with Crippen LogP contribution in [0.4, 0.5) is 11.4 Å². The Labute approximate surface area is 198 Å². The molecule has 0 aromatic heterocycles. The molecule has 34 heavy (non-hydrogen) atoms. The third-order valence-electron chi connectivity index (χ3n) is 5.83. The molecule has 1 atom stereocenters. The molecule has 0 spiro atoms. The molecule has 7 nitrogen and oxygen atoms in total. The van der Waals surface area contributed by atoms with Crippen molar-refractivity contribution in [3.8, 4) is 0 Å². The average Bonchev–Trinajstić information content (AvgIpc) is 3.20. The lowest BCUT2D eigenvalue weighted by molar-refractivity contribution is -0.110. The molecule has 1 unspecified atom stereocenters. The van der Waals surface area contributed by atoms with Crippen LogP contribution in [0.15, 0.2) is 72.8 Å². The number of carbonyl (C=O) groups excluding carboxylic acids is 2. The molecule has 0 fully saturated rings. The number of carbonyl (C=O) groups is 2. The Morgan fingerprint density at radius 2 is 1.76 bits per heavy atom. The van der Waals surface area contributed by atoms with E-state index in [9.17, 15) is 9.59 Å². The summed E-state index contributed by atoms with van der Waals surface area (Å²) in [6.45, 7) is 0.617. The number of ether oxygens (including phenoxy) is 1. The lowest BCUT2D eigenvalue weighted by Crippen LogP contribution is -2.13. The highest BCUT2D eigenvalue weighted by atomic mass is 16.5. The van der Waals surface area contributed by atoms with Gasteiger partial charge in [0.2, 0.25) is 0 Å². The molecular formula is C27H28N4O3. The molecule has 0 bridgehead atoms. The number of hydrogen-bond acceptors (Lipinski definition) is 6. The minimum atomic E-state index is -0.458. The predicted octanol–water partition coefficient (Wildman–Crippen LogP) is 4.14. The van der Waals surface area contributed by atoms with Crippen molar-refractivity contribution < 1.29 is 14.3 Å². The summed E-state index contributed by atoms with van der Waals surface area (Å²) in [7, 11) is 1.33. The van der Waals surface area contributed by atoms with Gasteiger partial charge in [0.15, 0.2) is 0 Å². The Morgan fingerprint density at radius 3 is 2.44 bits per heavy atom. The molecule has 3 aromatic rings. The maximum absolute atomic E-state index is 13.1. The average molecular weight is 457 g/mol. The van der Waals surface area contributed by atoms with Crippen molar-refractivity contribution in [2.24, 2.45) is 11.5 Å². The maximum Gasteiger partial charge on any atom is 0.337 e. The molecule has 1 heterocycles. The van der Waals surface area contributed by atoms with Crippen molar-refractivity contribution in [1.82, 2.24) is 0 Å². The first-order valence-electron chi connectivity index (χ1n) is 11.2. The molecule has 0 saturated heterocycles. The maximum atomic E-state index is 13.1. The molecule has 1 amide bonds. The molecule has 3 aromatic carbocycles. The summed E-state index contributed by atoms with van der Waals surface area (Å²) < 4.78 is 4.80. The molecule has 7 heteroatoms. The summed E-state index contributed by atoms with van der Waals surface area (Å²) in [4.78, 5) is 25.0. The van der Waals surface area contributed by atoms with Crippen molar-refractivity contribution in [2.75, 3.05) is 24.3 Å². The van der Waals surface area contributed by atoms with E-state index in [4.69, 9.17) is 16.2 Å². The lowest BCUT2D eigenvalue weighted by atomic mass is 9.98. The molecule has 0 radical (unpaired) electrons. The Bertz CT molecular complexity index is 1220. The Morgan fingerprint density at radius 1 is 1.03 bits per heavy atom. The number of benzene rings is 3. The van der Waals surface area contributed by atoms with Crippen LogP contribution in [0.1, 0.15) is 45.9 Å². The van der Waals surface area contributed by atoms with Crippen LogP contribution in [0.5, 0.6) is 0 Å². The first kappa shape index (κ1) is 23.2. The van der Waals surface area contributed by atoms with Crippen LogP contribution in [0, 0.1) is 0 Å². The molecule has 1 aliphatic heterocycles. The Balaban J connectivity index is 1.73. The van der Waals surface area contributed by atoms with E-state index in [1.807, 2.05) is 54.6 Å². The third-order valence-corrected chi connectivity index (χ3v) is 5.83. The summed E-state index contributed by atoms with van der Waals surface area (Å²) in [6, 6.07) is 22.5. The standard InChI is InChI=1S/C27H28N4O3/c1-34-27(33)19-11-14-21-23(16-19)31-26(32)24(21)25(18-6-3-2-4-7-18)30-20-12-9-17(10-13-20)22(29)8-5-15-28/h2-4,6-7,9-14,16,22,30H,5,8,15,28-29H2,1H3,(H,31,32). The van der Waals surface area contributed by atoms with Crippen LogP contribution in [0.3, 0.4) is 0 Å². The van der Waals surface area contributed by atoms with Gasteiger partial charge in [0.05, 0.1) is 29.6 Å². The van der Waals surface area contributed by atoms with E-state index >= 15 is 0 Å². The highest BCUT2D eigenvalue weighted by molar-refractivity contribution is 6.37. The highest BCUT2D eigenvalue weighted by Gasteiger charge is 2.29. The zero-order valence-electron chi connectivity index (χ0n) is 19.0. The molecular weight excluding hydrogens is 428 g/mol. The second-order valence-corrected chi connectivity index (χ2v) is 8.11. The van der Waals surface area contributed by atoms with E-state index in [0.29, 0.717) is 34.6 Å². The van der Waals surface area contributed by atoms with Crippen LogP contribution >= 0.6 is 0 Å². The third kappa shape index (κ3) is 4.85. The zero-order valence-corrected chi connectivity index (χ0v) is 19.0. The van der Waals surface area contributed by atoms with Gasteiger partial charge in [-0.3, -0.25) is 4.79 Å². The fourth-order valence-electron chi connectivity index (χ4n) is 4.01. The van der Waals surface area contributed by atoms with Gasteiger partial charge in [-0.05, 0) is 54.8 Å². The number of anilines is 2. The number of hydrogen-bond donors (Lipinski definition) is 4. The number of esters is 1. The summed E-state index contributed by atoms with van der Waals surface area (Å²) in [5, 5.41) is 6.31. The SMILES string of the molecule is COC(=O)c1ccc2c(c1)NC(=O)C2=C(Nc1ccc(C(N)CCCN)cc1)c1ccccc1. The van der Waals surface area contributed by atoms with Crippen LogP contribution in [0.25, 0.3) is 11.3 Å². The van der Waals surface area contributed by atoms with Crippen molar-refractivity contribution in [2.45, 2.75) is 18.9 Å². The van der Waals surface area contributed by atoms with E-state index < -0.39 is 5.97 Å². The van der Waals surface area contributed by atoms with E-state index in [1.165, 1.54) is 7.11 Å². The van der Waals surface area contributed by atoms with Crippen LogP contribution < -0.4 is 22.1 Å². The van der Waals surface area contributed by atoms with Crippen molar-refractivity contribution >= 4 is 34.5 Å². The van der Waals surface area contributed by atoms with Gasteiger partial charge in [-0.25, -0.2) is 4.79 Å². The van der Waals surface area contributed by atoms with E-state index in [-0.39, 0.29) is 11.9 Å². The lowest BCUT2D eigenvalue weighted by Gasteiger charge is -2.16. The minimum Gasteiger partial charge on any atom is -0.465 e. The number of fused-ring (bicyclic) bond motifs is 1. The van der Waals surface area contributed by atoms with E-state index in [1.54, 1.807) is 18.2 Å². The largest absolute Gasteiger partial charge is 0.465 e. The number of rotatable bonds is 8. The zero-order chi connectivity index (χ0) is 24.1. The smallest absolute Gasteiger partial charge is 0.337 e. The van der Waals surface area contributed by atoms with Crippen LogP contribution in [0.2, 0.25) is 0 Å². The summed E-state index contributed by atoms with van der Waals surface area (Å²) in [5.41, 5.74) is 17.4. The molecule has 6 N–H and O–H groups in total. The van der Waals surface area contributed by atoms with Crippen molar-refractivity contribution in [3.63, 3.8) is 0 Å². The molecule has 4 rings (SSSR count). The predicted molar refractivity (Wildman–Crippen MR) is 135 cm³/mol. The summed E-state index contributed by atoms with van der Waals surface area (Å²) >= 11 is 0. The van der Waals surface area contributed by atoms with Gasteiger partial charge in [0.1, 0.15) is 0 Å².